The van der Waals surface area contributed by atoms with E-state index < -0.39 is 0 Å². The van der Waals surface area contributed by atoms with E-state index in [1.807, 2.05) is 54.1 Å². The molecule has 0 saturated heterocycles. The van der Waals surface area contributed by atoms with Gasteiger partial charge in [0.15, 0.2) is 0 Å². The minimum atomic E-state index is -0.264. The SMILES string of the molecule is C.C.C.CC(C)(C)C.CC(C)(C)[C-]=O.CC(C)(C)[C-]=O.CCNCC(C)(C)C.CNCC[C-]=O.[CH-]=O.[Y].[Y]. The summed E-state index contributed by atoms with van der Waals surface area (Å²) in [5.41, 5.74) is 0.413. The molecule has 0 aliphatic heterocycles. The Kier molecular flexibility index (Phi) is 84.6. The van der Waals surface area contributed by atoms with E-state index in [1.54, 1.807) is 13.3 Å². The van der Waals surface area contributed by atoms with Crippen molar-refractivity contribution in [2.45, 2.75) is 126 Å². The Morgan fingerprint density at radius 1 is 0.658 bits per heavy atom. The summed E-state index contributed by atoms with van der Waals surface area (Å²) in [6.07, 6.45) is 5.96. The van der Waals surface area contributed by atoms with Gasteiger partial charge in [0.25, 0.3) is 0 Å². The van der Waals surface area contributed by atoms with Crippen molar-refractivity contribution in [1.29, 1.82) is 0 Å². The molecule has 2 radical (unpaired) electrons. The molecule has 0 aromatic heterocycles. The maximum Gasteiger partial charge on any atom is 0 e. The zero-order chi connectivity index (χ0) is 28.4. The van der Waals surface area contributed by atoms with Crippen molar-refractivity contribution in [3.63, 3.8) is 0 Å². The zero-order valence-electron chi connectivity index (χ0n) is 25.7. The number of nitrogens with one attached hydrogen (secondary N) is 2. The van der Waals surface area contributed by atoms with Crippen LogP contribution in [0.5, 0.6) is 0 Å². The van der Waals surface area contributed by atoms with E-state index in [-0.39, 0.29) is 98.5 Å². The Morgan fingerprint density at radius 2 is 0.895 bits per heavy atom. The molecule has 6 nitrogen and oxygen atoms in total. The average Bonchev–Trinajstić information content (AvgIpc) is 2.65. The van der Waals surface area contributed by atoms with Gasteiger partial charge in [-0.3, -0.25) is 25.6 Å². The molecule has 0 aliphatic rings. The van der Waals surface area contributed by atoms with E-state index in [1.165, 1.54) is 0 Å². The van der Waals surface area contributed by atoms with Crippen LogP contribution in [0.2, 0.25) is 0 Å². The van der Waals surface area contributed by atoms with Crippen LogP contribution in [-0.4, -0.2) is 52.3 Å². The minimum Gasteiger partial charge on any atom is -0.545 e. The predicted molar refractivity (Wildman–Crippen MR) is 165 cm³/mol. The molecule has 0 heterocycles. The fraction of sp³-hybridized carbons (Fsp3) is 0.867. The standard InChI is InChI=1S/C7H17N.2C5H9O.C5H12.C4H8NO.CHO.3CH4.2Y/c1-5-8-6-7(2,3)4;2*1-5(2,3)4-6;1-5(2,3)4;1-5-3-2-4-6;1-2;;;;;/h8H,5-6H2,1-4H3;2*1-3H3;1-4H3;5H,2-3H2,1H3;1H;3*1H4;;/q;2*-1;;2*-1;;;;;. The van der Waals surface area contributed by atoms with E-state index >= 15 is 0 Å². The quantitative estimate of drug-likeness (QED) is 0.178. The third-order valence-electron chi connectivity index (χ3n) is 1.99. The van der Waals surface area contributed by atoms with Gasteiger partial charge in [-0.05, 0) is 37.5 Å². The summed E-state index contributed by atoms with van der Waals surface area (Å²) in [4.78, 5) is 36.6. The number of rotatable bonds is 5. The Hall–Kier alpha value is 0.808. The summed E-state index contributed by atoms with van der Waals surface area (Å²) < 4.78 is 0. The largest absolute Gasteiger partial charge is 0.545 e. The number of carbonyl (C=O) groups excluding carboxylic acids is 4. The summed E-state index contributed by atoms with van der Waals surface area (Å²) in [6, 6.07) is 0. The summed E-state index contributed by atoms with van der Waals surface area (Å²) in [5, 5.41) is 6.09. The van der Waals surface area contributed by atoms with Crippen LogP contribution in [0.15, 0.2) is 0 Å². The zero-order valence-corrected chi connectivity index (χ0v) is 31.4. The molecule has 0 rings (SSSR count). The number of hydrogen-bond donors (Lipinski definition) is 2. The molecule has 0 spiro atoms. The Labute approximate surface area is 292 Å². The molecular formula is C30H68N2O4Y2-4. The Balaban J connectivity index is -0.0000000255. The molecule has 0 aliphatic carbocycles. The van der Waals surface area contributed by atoms with Crippen molar-refractivity contribution >= 4 is 25.6 Å². The van der Waals surface area contributed by atoms with Crippen molar-refractivity contribution in [3.8, 4) is 0 Å². The molecule has 0 fully saturated rings. The van der Waals surface area contributed by atoms with Crippen LogP contribution in [0.25, 0.3) is 0 Å². The fourth-order valence-electron chi connectivity index (χ4n) is 0.676. The predicted octanol–water partition coefficient (Wildman–Crippen LogP) is 7.31. The second kappa shape index (κ2) is 44.8. The van der Waals surface area contributed by atoms with Crippen molar-refractivity contribution in [1.82, 2.24) is 10.6 Å². The van der Waals surface area contributed by atoms with Crippen LogP contribution >= 0.6 is 0 Å². The van der Waals surface area contributed by atoms with Gasteiger partial charge in [0.05, 0.1) is 0 Å². The normalized spacial score (nSPS) is 9.03. The van der Waals surface area contributed by atoms with E-state index in [9.17, 15) is 14.4 Å². The first-order valence-corrected chi connectivity index (χ1v) is 11.3. The summed E-state index contributed by atoms with van der Waals surface area (Å²) in [6.45, 7) is 34.7. The van der Waals surface area contributed by atoms with Crippen molar-refractivity contribution in [2.75, 3.05) is 26.7 Å². The molecule has 38 heavy (non-hydrogen) atoms. The van der Waals surface area contributed by atoms with Gasteiger partial charge >= 0.3 is 0 Å². The first-order chi connectivity index (χ1) is 14.6. The third kappa shape index (κ3) is 215. The molecule has 0 amide bonds. The van der Waals surface area contributed by atoms with Gasteiger partial charge in [0.2, 0.25) is 0 Å². The minimum absolute atomic E-state index is 0. The molecule has 232 valence electrons. The van der Waals surface area contributed by atoms with Crippen molar-refractivity contribution in [3.05, 3.63) is 0 Å². The molecule has 0 bridgehead atoms. The molecule has 0 unspecified atom stereocenters. The second-order valence-electron chi connectivity index (χ2n) is 12.0. The molecule has 2 N–H and O–H groups in total. The second-order valence-corrected chi connectivity index (χ2v) is 12.0. The first-order valence-electron chi connectivity index (χ1n) is 11.3. The van der Waals surface area contributed by atoms with Gasteiger partial charge in [-0.15, -0.1) is 17.3 Å². The third-order valence-corrected chi connectivity index (χ3v) is 1.99. The van der Waals surface area contributed by atoms with E-state index in [4.69, 9.17) is 4.79 Å². The topological polar surface area (TPSA) is 92.3 Å². The van der Waals surface area contributed by atoms with E-state index in [0.29, 0.717) is 17.3 Å². The van der Waals surface area contributed by atoms with Gasteiger partial charge in [-0.25, -0.2) is 0 Å². The smallest absolute Gasteiger partial charge is 0 e. The Morgan fingerprint density at radius 3 is 0.947 bits per heavy atom. The van der Waals surface area contributed by atoms with Gasteiger partial charge in [-0.1, -0.05) is 119 Å². The van der Waals surface area contributed by atoms with Gasteiger partial charge < -0.3 is 29.8 Å². The van der Waals surface area contributed by atoms with Crippen LogP contribution in [-0.2, 0) is 84.6 Å². The fourth-order valence-corrected chi connectivity index (χ4v) is 0.676. The van der Waals surface area contributed by atoms with Crippen LogP contribution in [0.3, 0.4) is 0 Å². The maximum atomic E-state index is 9.70. The van der Waals surface area contributed by atoms with Gasteiger partial charge in [0.1, 0.15) is 0 Å². The average molecular weight is 699 g/mol. The van der Waals surface area contributed by atoms with Crippen LogP contribution in [0, 0.1) is 21.7 Å². The summed E-state index contributed by atoms with van der Waals surface area (Å²) in [5.74, 6) is 0. The van der Waals surface area contributed by atoms with Crippen molar-refractivity contribution < 1.29 is 84.6 Å². The molecular weight excluding hydrogens is 630 g/mol. The molecule has 0 aromatic rings. The molecule has 0 aromatic carbocycles. The molecule has 0 atom stereocenters. The van der Waals surface area contributed by atoms with E-state index in [0.717, 1.165) is 19.6 Å². The Bertz CT molecular complexity index is 398. The van der Waals surface area contributed by atoms with Crippen molar-refractivity contribution in [2.24, 2.45) is 21.7 Å². The van der Waals surface area contributed by atoms with Crippen LogP contribution in [0.1, 0.15) is 126 Å². The van der Waals surface area contributed by atoms with E-state index in [2.05, 4.69) is 72.8 Å². The summed E-state index contributed by atoms with van der Waals surface area (Å²) in [7, 11) is 1.80. The van der Waals surface area contributed by atoms with Crippen LogP contribution < -0.4 is 10.6 Å². The van der Waals surface area contributed by atoms with Gasteiger partial charge in [0, 0.05) is 65.4 Å². The molecule has 0 saturated carbocycles. The van der Waals surface area contributed by atoms with Crippen LogP contribution in [0.4, 0.5) is 0 Å². The monoisotopic (exact) mass is 698 g/mol. The number of hydrogen-bond acceptors (Lipinski definition) is 6. The summed E-state index contributed by atoms with van der Waals surface area (Å²) >= 11 is 0. The first kappa shape index (κ1) is 71.7. The maximum absolute atomic E-state index is 9.70. The van der Waals surface area contributed by atoms with Gasteiger partial charge in [-0.2, -0.15) is 0 Å². The molecule has 8 heteroatoms.